The Morgan fingerprint density at radius 3 is 2.25 bits per heavy atom. The second-order valence-corrected chi connectivity index (χ2v) is 6.10. The molecular weight excluding hydrogens is 324 g/mol. The summed E-state index contributed by atoms with van der Waals surface area (Å²) in [5, 5.41) is 0. The van der Waals surface area contributed by atoms with E-state index in [0.29, 0.717) is 0 Å². The van der Waals surface area contributed by atoms with E-state index >= 15 is 0 Å². The van der Waals surface area contributed by atoms with Gasteiger partial charge in [0.15, 0.2) is 0 Å². The Bertz CT molecular complexity index is 632. The number of rotatable bonds is 2. The first-order valence-corrected chi connectivity index (χ1v) is 7.32. The standard InChI is InChI=1S/C16H14BrF2N/c17-13-8-14(18)12(7-15(13)19)16(20)11-5-9-3-1-2-4-10(9)6-11/h1-4,7-8,11,16H,5-6,20H2. The van der Waals surface area contributed by atoms with Crippen molar-refractivity contribution in [1.82, 2.24) is 0 Å². The fourth-order valence-electron chi connectivity index (χ4n) is 2.89. The van der Waals surface area contributed by atoms with Crippen LogP contribution in [0.4, 0.5) is 8.78 Å². The van der Waals surface area contributed by atoms with Crippen molar-refractivity contribution in [2.45, 2.75) is 18.9 Å². The SMILES string of the molecule is NC(c1cc(F)c(Br)cc1F)C1Cc2ccccc2C1. The Labute approximate surface area is 124 Å². The number of hydrogen-bond acceptors (Lipinski definition) is 1. The first kappa shape index (κ1) is 13.7. The summed E-state index contributed by atoms with van der Waals surface area (Å²) in [7, 11) is 0. The van der Waals surface area contributed by atoms with E-state index in [0.717, 1.165) is 18.9 Å². The van der Waals surface area contributed by atoms with Crippen molar-refractivity contribution in [2.24, 2.45) is 11.7 Å². The van der Waals surface area contributed by atoms with Gasteiger partial charge in [0.2, 0.25) is 0 Å². The number of nitrogens with two attached hydrogens (primary N) is 1. The van der Waals surface area contributed by atoms with Crippen molar-refractivity contribution in [2.75, 3.05) is 0 Å². The van der Waals surface area contributed by atoms with Crippen LogP contribution in [-0.4, -0.2) is 0 Å². The molecule has 0 saturated heterocycles. The maximum Gasteiger partial charge on any atom is 0.137 e. The summed E-state index contributed by atoms with van der Waals surface area (Å²) < 4.78 is 27.7. The van der Waals surface area contributed by atoms with E-state index in [2.05, 4.69) is 28.1 Å². The maximum absolute atomic E-state index is 14.0. The highest BCUT2D eigenvalue weighted by molar-refractivity contribution is 9.10. The van der Waals surface area contributed by atoms with Gasteiger partial charge in [-0.05, 0) is 57.9 Å². The zero-order valence-electron chi connectivity index (χ0n) is 10.7. The molecule has 20 heavy (non-hydrogen) atoms. The Morgan fingerprint density at radius 2 is 1.65 bits per heavy atom. The van der Waals surface area contributed by atoms with Crippen molar-refractivity contribution >= 4 is 15.9 Å². The lowest BCUT2D eigenvalue weighted by molar-refractivity contribution is 0.433. The van der Waals surface area contributed by atoms with Crippen LogP contribution in [0.15, 0.2) is 40.9 Å². The van der Waals surface area contributed by atoms with Crippen LogP contribution < -0.4 is 5.73 Å². The molecule has 104 valence electrons. The molecule has 1 atom stereocenters. The van der Waals surface area contributed by atoms with Crippen LogP contribution in [0.5, 0.6) is 0 Å². The van der Waals surface area contributed by atoms with Gasteiger partial charge >= 0.3 is 0 Å². The van der Waals surface area contributed by atoms with E-state index in [1.54, 1.807) is 0 Å². The molecule has 1 nitrogen and oxygen atoms in total. The van der Waals surface area contributed by atoms with Crippen LogP contribution in [0.3, 0.4) is 0 Å². The fraction of sp³-hybridized carbons (Fsp3) is 0.250. The average Bonchev–Trinajstić information content (AvgIpc) is 2.86. The Balaban J connectivity index is 1.88. The van der Waals surface area contributed by atoms with Gasteiger partial charge in [0.1, 0.15) is 11.6 Å². The molecule has 0 spiro atoms. The molecule has 0 fully saturated rings. The van der Waals surface area contributed by atoms with Crippen LogP contribution in [0.2, 0.25) is 0 Å². The van der Waals surface area contributed by atoms with Gasteiger partial charge < -0.3 is 5.73 Å². The van der Waals surface area contributed by atoms with Gasteiger partial charge in [0.25, 0.3) is 0 Å². The molecule has 1 aliphatic carbocycles. The zero-order valence-corrected chi connectivity index (χ0v) is 12.3. The number of hydrogen-bond donors (Lipinski definition) is 1. The van der Waals surface area contributed by atoms with Gasteiger partial charge in [0, 0.05) is 11.6 Å². The molecule has 4 heteroatoms. The molecule has 2 N–H and O–H groups in total. The second-order valence-electron chi connectivity index (χ2n) is 5.25. The van der Waals surface area contributed by atoms with E-state index in [1.807, 2.05) is 12.1 Å². The minimum absolute atomic E-state index is 0.113. The predicted molar refractivity (Wildman–Crippen MR) is 78.3 cm³/mol. The van der Waals surface area contributed by atoms with Gasteiger partial charge in [-0.1, -0.05) is 24.3 Å². The topological polar surface area (TPSA) is 26.0 Å². The molecule has 1 aliphatic rings. The summed E-state index contributed by atoms with van der Waals surface area (Å²) in [6.45, 7) is 0. The maximum atomic E-state index is 14.0. The lowest BCUT2D eigenvalue weighted by Gasteiger charge is -2.20. The Morgan fingerprint density at radius 1 is 1.05 bits per heavy atom. The third kappa shape index (κ3) is 2.38. The Hall–Kier alpha value is -1.26. The van der Waals surface area contributed by atoms with Crippen molar-refractivity contribution in [3.05, 3.63) is 69.2 Å². The molecule has 0 amide bonds. The molecule has 0 saturated carbocycles. The molecule has 0 aliphatic heterocycles. The smallest absolute Gasteiger partial charge is 0.137 e. The number of halogens is 3. The lowest BCUT2D eigenvalue weighted by Crippen LogP contribution is -2.23. The molecule has 0 bridgehead atoms. The highest BCUT2D eigenvalue weighted by Crippen LogP contribution is 2.35. The summed E-state index contributed by atoms with van der Waals surface area (Å²) in [5.74, 6) is -0.823. The first-order valence-electron chi connectivity index (χ1n) is 6.53. The summed E-state index contributed by atoms with van der Waals surface area (Å²) in [5.41, 5.74) is 8.94. The minimum atomic E-state index is -0.495. The molecular formula is C16H14BrF2N. The lowest BCUT2D eigenvalue weighted by atomic mass is 9.91. The van der Waals surface area contributed by atoms with Crippen LogP contribution in [0.25, 0.3) is 0 Å². The van der Waals surface area contributed by atoms with E-state index in [4.69, 9.17) is 5.73 Å². The normalized spacial score (nSPS) is 16.2. The highest BCUT2D eigenvalue weighted by Gasteiger charge is 2.29. The molecule has 0 radical (unpaired) electrons. The monoisotopic (exact) mass is 337 g/mol. The molecule has 0 heterocycles. The van der Waals surface area contributed by atoms with Gasteiger partial charge in [-0.25, -0.2) is 8.78 Å². The number of benzene rings is 2. The molecule has 2 aromatic carbocycles. The Kier molecular flexibility index (Phi) is 3.61. The molecule has 0 aromatic heterocycles. The van der Waals surface area contributed by atoms with Crippen LogP contribution >= 0.6 is 15.9 Å². The second kappa shape index (κ2) is 5.26. The van der Waals surface area contributed by atoms with Gasteiger partial charge in [-0.3, -0.25) is 0 Å². The van der Waals surface area contributed by atoms with Gasteiger partial charge in [0.05, 0.1) is 4.47 Å². The van der Waals surface area contributed by atoms with Crippen molar-refractivity contribution in [3.63, 3.8) is 0 Å². The van der Waals surface area contributed by atoms with Crippen molar-refractivity contribution < 1.29 is 8.78 Å². The summed E-state index contributed by atoms with van der Waals surface area (Å²) in [6, 6.07) is 9.98. The zero-order chi connectivity index (χ0) is 14.3. The van der Waals surface area contributed by atoms with E-state index in [9.17, 15) is 8.78 Å². The average molecular weight is 338 g/mol. The molecule has 1 unspecified atom stereocenters. The third-order valence-electron chi connectivity index (χ3n) is 3.99. The summed E-state index contributed by atoms with van der Waals surface area (Å²) in [4.78, 5) is 0. The van der Waals surface area contributed by atoms with E-state index in [-0.39, 0.29) is 16.0 Å². The molecule has 2 aromatic rings. The molecule has 3 rings (SSSR count). The largest absolute Gasteiger partial charge is 0.324 e. The van der Waals surface area contributed by atoms with Crippen LogP contribution in [0, 0.1) is 17.6 Å². The van der Waals surface area contributed by atoms with Gasteiger partial charge in [-0.15, -0.1) is 0 Å². The minimum Gasteiger partial charge on any atom is -0.324 e. The van der Waals surface area contributed by atoms with E-state index in [1.165, 1.54) is 17.2 Å². The highest BCUT2D eigenvalue weighted by atomic mass is 79.9. The first-order chi connectivity index (χ1) is 9.56. The van der Waals surface area contributed by atoms with Crippen LogP contribution in [-0.2, 0) is 12.8 Å². The van der Waals surface area contributed by atoms with E-state index < -0.39 is 17.7 Å². The summed E-state index contributed by atoms with van der Waals surface area (Å²) >= 11 is 2.98. The van der Waals surface area contributed by atoms with Crippen LogP contribution in [0.1, 0.15) is 22.7 Å². The number of fused-ring (bicyclic) bond motifs is 1. The predicted octanol–water partition coefficient (Wildman–Crippen LogP) is 4.14. The van der Waals surface area contributed by atoms with Crippen molar-refractivity contribution in [3.8, 4) is 0 Å². The van der Waals surface area contributed by atoms with Crippen molar-refractivity contribution in [1.29, 1.82) is 0 Å². The quantitative estimate of drug-likeness (QED) is 0.819. The third-order valence-corrected chi connectivity index (χ3v) is 4.60. The summed E-state index contributed by atoms with van der Waals surface area (Å²) in [6.07, 6.45) is 1.63. The fourth-order valence-corrected chi connectivity index (χ4v) is 3.21. The van der Waals surface area contributed by atoms with Gasteiger partial charge in [-0.2, -0.15) is 0 Å².